The number of aromatic nitrogens is 1. The number of nitrogen functional groups attached to an aromatic ring is 1. The number of hydrogen-bond donors (Lipinski definition) is 1. The molecule has 0 saturated heterocycles. The van der Waals surface area contributed by atoms with E-state index in [0.29, 0.717) is 29.2 Å². The van der Waals surface area contributed by atoms with Gasteiger partial charge in [-0.05, 0) is 24.5 Å². The number of nitro groups is 1. The van der Waals surface area contributed by atoms with Gasteiger partial charge in [-0.25, -0.2) is 4.98 Å². The Kier molecular flexibility index (Phi) is 4.02. The van der Waals surface area contributed by atoms with Crippen molar-refractivity contribution in [3.8, 4) is 5.75 Å². The number of hydrogen-bond acceptors (Lipinski definition) is 5. The van der Waals surface area contributed by atoms with Gasteiger partial charge in [0.05, 0.1) is 22.4 Å². The maximum absolute atomic E-state index is 10.9. The molecule has 1 heterocycles. The van der Waals surface area contributed by atoms with Gasteiger partial charge in [-0.1, -0.05) is 19.9 Å². The zero-order chi connectivity index (χ0) is 14.7. The lowest BCUT2D eigenvalue weighted by Gasteiger charge is -2.11. The lowest BCUT2D eigenvalue weighted by atomic mass is 10.1. The van der Waals surface area contributed by atoms with Crippen molar-refractivity contribution >= 4 is 22.3 Å². The van der Waals surface area contributed by atoms with E-state index in [1.165, 1.54) is 6.20 Å². The summed E-state index contributed by atoms with van der Waals surface area (Å²) in [6, 6.07) is 5.31. The molecular weight excluding hydrogens is 258 g/mol. The minimum absolute atomic E-state index is 0.0974. The Balaban J connectivity index is 2.43. The summed E-state index contributed by atoms with van der Waals surface area (Å²) in [5.41, 5.74) is 6.38. The fraction of sp³-hybridized carbons (Fsp3) is 0.357. The second-order valence-corrected chi connectivity index (χ2v) is 5.00. The molecule has 0 amide bonds. The third-order valence-corrected chi connectivity index (χ3v) is 3.02. The van der Waals surface area contributed by atoms with Crippen LogP contribution in [0.2, 0.25) is 0 Å². The maximum atomic E-state index is 10.9. The van der Waals surface area contributed by atoms with Crippen LogP contribution in [0.15, 0.2) is 24.4 Å². The molecule has 106 valence electrons. The van der Waals surface area contributed by atoms with E-state index in [9.17, 15) is 10.1 Å². The monoisotopic (exact) mass is 275 g/mol. The van der Waals surface area contributed by atoms with Crippen LogP contribution in [-0.4, -0.2) is 16.5 Å². The van der Waals surface area contributed by atoms with Gasteiger partial charge in [-0.2, -0.15) is 0 Å². The van der Waals surface area contributed by atoms with Crippen LogP contribution in [0.25, 0.3) is 10.9 Å². The third kappa shape index (κ3) is 2.79. The maximum Gasteiger partial charge on any atom is 0.311 e. The summed E-state index contributed by atoms with van der Waals surface area (Å²) in [7, 11) is 0. The topological polar surface area (TPSA) is 91.3 Å². The predicted octanol–water partition coefficient (Wildman–Crippen LogP) is 3.15. The van der Waals surface area contributed by atoms with Gasteiger partial charge < -0.3 is 10.5 Å². The standard InChI is InChI=1S/C14H17N3O3/c1-9(2)6-7-20-12-5-3-4-10-13(12)14(15)11(8-16-10)17(18)19/h3-5,8-9H,6-7H2,1-2H3,(H2,15,16). The molecule has 1 aromatic carbocycles. The van der Waals surface area contributed by atoms with E-state index < -0.39 is 4.92 Å². The van der Waals surface area contributed by atoms with Crippen molar-refractivity contribution in [1.29, 1.82) is 0 Å². The summed E-state index contributed by atoms with van der Waals surface area (Å²) in [5.74, 6) is 1.06. The number of nitrogens with zero attached hydrogens (tertiary/aromatic N) is 2. The van der Waals surface area contributed by atoms with E-state index in [-0.39, 0.29) is 11.4 Å². The second kappa shape index (κ2) is 5.73. The van der Waals surface area contributed by atoms with Crippen LogP contribution in [0.4, 0.5) is 11.4 Å². The molecule has 0 atom stereocenters. The highest BCUT2D eigenvalue weighted by Crippen LogP contribution is 2.35. The number of pyridine rings is 1. The highest BCUT2D eigenvalue weighted by molar-refractivity contribution is 5.98. The van der Waals surface area contributed by atoms with E-state index >= 15 is 0 Å². The highest BCUT2D eigenvalue weighted by Gasteiger charge is 2.18. The molecule has 2 N–H and O–H groups in total. The first-order chi connectivity index (χ1) is 9.50. The molecule has 2 aromatic rings. The van der Waals surface area contributed by atoms with E-state index in [0.717, 1.165) is 6.42 Å². The molecule has 0 aliphatic rings. The van der Waals surface area contributed by atoms with Gasteiger partial charge in [0.15, 0.2) is 0 Å². The van der Waals surface area contributed by atoms with E-state index in [4.69, 9.17) is 10.5 Å². The lowest BCUT2D eigenvalue weighted by Crippen LogP contribution is -2.04. The largest absolute Gasteiger partial charge is 0.493 e. The molecule has 0 spiro atoms. The summed E-state index contributed by atoms with van der Waals surface area (Å²) in [5, 5.41) is 11.4. The first-order valence-corrected chi connectivity index (χ1v) is 6.45. The van der Waals surface area contributed by atoms with Gasteiger partial charge >= 0.3 is 5.69 Å². The molecule has 6 nitrogen and oxygen atoms in total. The molecule has 0 aliphatic carbocycles. The fourth-order valence-corrected chi connectivity index (χ4v) is 1.90. The Morgan fingerprint density at radius 2 is 2.20 bits per heavy atom. The van der Waals surface area contributed by atoms with Crippen LogP contribution in [0.1, 0.15) is 20.3 Å². The first-order valence-electron chi connectivity index (χ1n) is 6.45. The van der Waals surface area contributed by atoms with Crippen molar-refractivity contribution < 1.29 is 9.66 Å². The molecule has 0 bridgehead atoms. The minimum Gasteiger partial charge on any atom is -0.493 e. The fourth-order valence-electron chi connectivity index (χ4n) is 1.90. The Hall–Kier alpha value is -2.37. The molecule has 20 heavy (non-hydrogen) atoms. The molecule has 0 radical (unpaired) electrons. The normalized spacial score (nSPS) is 10.9. The van der Waals surface area contributed by atoms with Crippen molar-refractivity contribution in [2.75, 3.05) is 12.3 Å². The number of benzene rings is 1. The van der Waals surface area contributed by atoms with Crippen LogP contribution < -0.4 is 10.5 Å². The smallest absolute Gasteiger partial charge is 0.311 e. The van der Waals surface area contributed by atoms with Crippen LogP contribution in [0.5, 0.6) is 5.75 Å². The van der Waals surface area contributed by atoms with E-state index in [2.05, 4.69) is 18.8 Å². The van der Waals surface area contributed by atoms with E-state index in [1.807, 2.05) is 0 Å². The van der Waals surface area contributed by atoms with Crippen molar-refractivity contribution in [1.82, 2.24) is 4.98 Å². The van der Waals surface area contributed by atoms with Gasteiger partial charge in [0.25, 0.3) is 0 Å². The van der Waals surface area contributed by atoms with Crippen LogP contribution >= 0.6 is 0 Å². The summed E-state index contributed by atoms with van der Waals surface area (Å²) >= 11 is 0. The summed E-state index contributed by atoms with van der Waals surface area (Å²) in [6.07, 6.45) is 2.08. The van der Waals surface area contributed by atoms with Gasteiger partial charge in [-0.3, -0.25) is 10.1 Å². The van der Waals surface area contributed by atoms with Crippen molar-refractivity contribution in [3.05, 3.63) is 34.5 Å². The van der Waals surface area contributed by atoms with Gasteiger partial charge in [0.2, 0.25) is 0 Å². The second-order valence-electron chi connectivity index (χ2n) is 5.00. The lowest BCUT2D eigenvalue weighted by molar-refractivity contribution is -0.384. The molecule has 2 rings (SSSR count). The molecule has 0 aliphatic heterocycles. The summed E-state index contributed by atoms with van der Waals surface area (Å²) < 4.78 is 5.70. The molecule has 6 heteroatoms. The van der Waals surface area contributed by atoms with Crippen molar-refractivity contribution in [2.45, 2.75) is 20.3 Å². The number of nitrogens with two attached hydrogens (primary N) is 1. The Labute approximate surface area is 116 Å². The Bertz CT molecular complexity index is 641. The van der Waals surface area contributed by atoms with Gasteiger partial charge in [-0.15, -0.1) is 0 Å². The molecule has 0 saturated carbocycles. The average molecular weight is 275 g/mol. The Morgan fingerprint density at radius 1 is 1.45 bits per heavy atom. The van der Waals surface area contributed by atoms with Gasteiger partial charge in [0.1, 0.15) is 17.6 Å². The minimum atomic E-state index is -0.535. The number of fused-ring (bicyclic) bond motifs is 1. The van der Waals surface area contributed by atoms with Crippen LogP contribution in [0.3, 0.4) is 0 Å². The first kappa shape index (κ1) is 14.0. The van der Waals surface area contributed by atoms with Crippen molar-refractivity contribution in [3.63, 3.8) is 0 Å². The Morgan fingerprint density at radius 3 is 2.85 bits per heavy atom. The van der Waals surface area contributed by atoms with E-state index in [1.54, 1.807) is 18.2 Å². The molecule has 1 aromatic heterocycles. The third-order valence-electron chi connectivity index (χ3n) is 3.02. The highest BCUT2D eigenvalue weighted by atomic mass is 16.6. The van der Waals surface area contributed by atoms with Gasteiger partial charge in [0, 0.05) is 0 Å². The predicted molar refractivity (Wildman–Crippen MR) is 77.8 cm³/mol. The quantitative estimate of drug-likeness (QED) is 0.668. The summed E-state index contributed by atoms with van der Waals surface area (Å²) in [4.78, 5) is 14.5. The van der Waals surface area contributed by atoms with Crippen LogP contribution in [0, 0.1) is 16.0 Å². The number of ether oxygens (including phenoxy) is 1. The zero-order valence-electron chi connectivity index (χ0n) is 11.5. The SMILES string of the molecule is CC(C)CCOc1cccc2ncc([N+](=O)[O-])c(N)c12. The van der Waals surface area contributed by atoms with Crippen molar-refractivity contribution in [2.24, 2.45) is 5.92 Å². The van der Waals surface area contributed by atoms with Crippen LogP contribution in [-0.2, 0) is 0 Å². The number of anilines is 1. The summed E-state index contributed by atoms with van der Waals surface area (Å²) in [6.45, 7) is 4.75. The molecule has 0 unspecified atom stereocenters. The molecular formula is C14H17N3O3. The average Bonchev–Trinajstić information content (AvgIpc) is 2.38. The number of rotatable bonds is 5. The zero-order valence-corrected chi connectivity index (χ0v) is 11.5. The molecule has 0 fully saturated rings.